The molecule has 1 aromatic rings. The maximum atomic E-state index is 11.8. The lowest BCUT2D eigenvalue weighted by Crippen LogP contribution is -2.39. The minimum absolute atomic E-state index is 0. The number of hydrogen-bond acceptors (Lipinski definition) is 4. The Balaban J connectivity index is 0.00000220. The van der Waals surface area contributed by atoms with Gasteiger partial charge in [-0.2, -0.15) is 0 Å². The number of carbonyl (C=O) groups is 2. The van der Waals surface area contributed by atoms with Crippen molar-refractivity contribution in [3.05, 3.63) is 24.3 Å². The molecule has 1 heterocycles. The van der Waals surface area contributed by atoms with Gasteiger partial charge in [-0.3, -0.25) is 9.59 Å². The van der Waals surface area contributed by atoms with Gasteiger partial charge >= 0.3 is 0 Å². The highest BCUT2D eigenvalue weighted by Crippen LogP contribution is 2.23. The number of anilines is 2. The van der Waals surface area contributed by atoms with Crippen molar-refractivity contribution in [3.63, 3.8) is 0 Å². The second-order valence-electron chi connectivity index (χ2n) is 5.01. The van der Waals surface area contributed by atoms with Gasteiger partial charge in [0.15, 0.2) is 0 Å². The Labute approximate surface area is 142 Å². The van der Waals surface area contributed by atoms with Crippen LogP contribution in [0.25, 0.3) is 0 Å². The molecule has 124 valence electrons. The van der Waals surface area contributed by atoms with Crippen molar-refractivity contribution in [2.24, 2.45) is 11.5 Å². The fraction of sp³-hybridized carbons (Fsp3) is 0.429. The third kappa shape index (κ3) is 5.71. The van der Waals surface area contributed by atoms with Crippen LogP contribution < -0.4 is 21.7 Å². The molecular formula is C14H22Cl2N4O2. The smallest absolute Gasteiger partial charge is 0.241 e. The minimum atomic E-state index is -0.914. The number of hydrogen-bond donors (Lipinski definition) is 3. The summed E-state index contributed by atoms with van der Waals surface area (Å²) in [6.07, 6.45) is 2.23. The molecule has 0 saturated carbocycles. The summed E-state index contributed by atoms with van der Waals surface area (Å²) in [5.74, 6) is -0.985. The summed E-state index contributed by atoms with van der Waals surface area (Å²) >= 11 is 0. The highest BCUT2D eigenvalue weighted by Gasteiger charge is 2.17. The van der Waals surface area contributed by atoms with Crippen molar-refractivity contribution in [1.29, 1.82) is 0 Å². The second-order valence-corrected chi connectivity index (χ2v) is 5.01. The Kier molecular flexibility index (Phi) is 8.86. The van der Waals surface area contributed by atoms with Gasteiger partial charge in [-0.25, -0.2) is 0 Å². The Morgan fingerprint density at radius 1 is 1.23 bits per heavy atom. The van der Waals surface area contributed by atoms with Gasteiger partial charge in [0.1, 0.15) is 0 Å². The molecule has 1 unspecified atom stereocenters. The van der Waals surface area contributed by atoms with E-state index in [9.17, 15) is 9.59 Å². The summed E-state index contributed by atoms with van der Waals surface area (Å²) in [5, 5.41) is 2.71. The van der Waals surface area contributed by atoms with Crippen LogP contribution in [0.15, 0.2) is 24.3 Å². The molecule has 0 radical (unpaired) electrons. The lowest BCUT2D eigenvalue weighted by molar-refractivity contribution is -0.123. The van der Waals surface area contributed by atoms with E-state index in [2.05, 4.69) is 10.2 Å². The number of nitrogens with one attached hydrogen (secondary N) is 1. The first-order chi connectivity index (χ1) is 9.56. The Hall–Kier alpha value is -1.50. The van der Waals surface area contributed by atoms with Crippen molar-refractivity contribution in [2.45, 2.75) is 25.3 Å². The van der Waals surface area contributed by atoms with Gasteiger partial charge in [0.05, 0.1) is 12.5 Å². The van der Waals surface area contributed by atoms with Crippen molar-refractivity contribution in [3.8, 4) is 0 Å². The second kappa shape index (κ2) is 9.50. The van der Waals surface area contributed by atoms with Gasteiger partial charge in [0, 0.05) is 24.5 Å². The molecule has 0 bridgehead atoms. The van der Waals surface area contributed by atoms with E-state index < -0.39 is 17.9 Å². The number of carbonyl (C=O) groups excluding carboxylic acids is 2. The third-order valence-electron chi connectivity index (χ3n) is 3.34. The molecule has 8 heteroatoms. The molecule has 6 nitrogen and oxygen atoms in total. The lowest BCUT2D eigenvalue weighted by atomic mass is 10.2. The van der Waals surface area contributed by atoms with Crippen LogP contribution in [-0.2, 0) is 9.59 Å². The fourth-order valence-electron chi connectivity index (χ4n) is 2.30. The lowest BCUT2D eigenvalue weighted by Gasteiger charge is -2.19. The molecule has 1 aromatic carbocycles. The molecule has 2 rings (SSSR count). The van der Waals surface area contributed by atoms with Crippen LogP contribution in [0.5, 0.6) is 0 Å². The number of nitrogens with zero attached hydrogens (tertiary/aromatic N) is 1. The fourth-order valence-corrected chi connectivity index (χ4v) is 2.30. The van der Waals surface area contributed by atoms with E-state index in [1.54, 1.807) is 6.07 Å². The van der Waals surface area contributed by atoms with Crippen molar-refractivity contribution in [1.82, 2.24) is 0 Å². The number of nitrogens with two attached hydrogens (primary N) is 2. The van der Waals surface area contributed by atoms with Gasteiger partial charge in [-0.05, 0) is 31.0 Å². The first kappa shape index (κ1) is 20.5. The van der Waals surface area contributed by atoms with Crippen LogP contribution in [0, 0.1) is 0 Å². The number of primary amides is 1. The average molecular weight is 349 g/mol. The summed E-state index contributed by atoms with van der Waals surface area (Å²) < 4.78 is 0. The van der Waals surface area contributed by atoms with Gasteiger partial charge < -0.3 is 21.7 Å². The maximum Gasteiger partial charge on any atom is 0.241 e. The predicted molar refractivity (Wildman–Crippen MR) is 92.8 cm³/mol. The van der Waals surface area contributed by atoms with E-state index >= 15 is 0 Å². The van der Waals surface area contributed by atoms with Gasteiger partial charge in [-0.15, -0.1) is 24.8 Å². The van der Waals surface area contributed by atoms with Crippen molar-refractivity contribution in [2.75, 3.05) is 23.3 Å². The molecular weight excluding hydrogens is 327 g/mol. The zero-order valence-electron chi connectivity index (χ0n) is 12.2. The summed E-state index contributed by atoms with van der Waals surface area (Å²) in [7, 11) is 0. The van der Waals surface area contributed by atoms with Gasteiger partial charge in [0.25, 0.3) is 0 Å². The number of rotatable bonds is 5. The van der Waals surface area contributed by atoms with Crippen LogP contribution in [0.1, 0.15) is 19.3 Å². The Morgan fingerprint density at radius 2 is 1.86 bits per heavy atom. The molecule has 1 fully saturated rings. The van der Waals surface area contributed by atoms with E-state index in [0.29, 0.717) is 5.69 Å². The van der Waals surface area contributed by atoms with E-state index in [0.717, 1.165) is 18.8 Å². The van der Waals surface area contributed by atoms with Crippen LogP contribution in [0.3, 0.4) is 0 Å². The van der Waals surface area contributed by atoms with Gasteiger partial charge in [-0.1, -0.05) is 6.07 Å². The SMILES string of the molecule is Cl.Cl.NC(=O)CC(N)C(=O)Nc1cccc(N2CCCC2)c1. The average Bonchev–Trinajstić information content (AvgIpc) is 2.92. The van der Waals surface area contributed by atoms with E-state index in [1.807, 2.05) is 18.2 Å². The van der Waals surface area contributed by atoms with Crippen LogP contribution in [-0.4, -0.2) is 30.9 Å². The number of halogens is 2. The van der Waals surface area contributed by atoms with Crippen molar-refractivity contribution >= 4 is 48.0 Å². The molecule has 0 aliphatic carbocycles. The molecule has 1 aliphatic heterocycles. The molecule has 5 N–H and O–H groups in total. The predicted octanol–water partition coefficient (Wildman–Crippen LogP) is 1.27. The van der Waals surface area contributed by atoms with E-state index in [4.69, 9.17) is 11.5 Å². The first-order valence-electron chi connectivity index (χ1n) is 6.76. The summed E-state index contributed by atoms with van der Waals surface area (Å²) in [6.45, 7) is 2.08. The van der Waals surface area contributed by atoms with E-state index in [-0.39, 0.29) is 31.2 Å². The first-order valence-corrected chi connectivity index (χ1v) is 6.76. The summed E-state index contributed by atoms with van der Waals surface area (Å²) in [5.41, 5.74) is 12.4. The summed E-state index contributed by atoms with van der Waals surface area (Å²) in [6, 6.07) is 6.71. The largest absolute Gasteiger partial charge is 0.371 e. The quantitative estimate of drug-likeness (QED) is 0.745. The summed E-state index contributed by atoms with van der Waals surface area (Å²) in [4.78, 5) is 24.9. The highest BCUT2D eigenvalue weighted by molar-refractivity contribution is 5.97. The standard InChI is InChI=1S/C14H20N4O2.2ClH/c15-12(9-13(16)19)14(20)17-10-4-3-5-11(8-10)18-6-1-2-7-18;;/h3-5,8,12H,1-2,6-7,9,15H2,(H2,16,19)(H,17,20);2*1H. The number of amides is 2. The van der Waals surface area contributed by atoms with E-state index in [1.165, 1.54) is 12.8 Å². The topological polar surface area (TPSA) is 101 Å². The zero-order valence-corrected chi connectivity index (χ0v) is 13.8. The maximum absolute atomic E-state index is 11.8. The Bertz CT molecular complexity index is 507. The molecule has 1 atom stereocenters. The monoisotopic (exact) mass is 348 g/mol. The molecule has 0 aromatic heterocycles. The molecule has 2 amide bonds. The highest BCUT2D eigenvalue weighted by atomic mass is 35.5. The molecule has 0 spiro atoms. The molecule has 22 heavy (non-hydrogen) atoms. The van der Waals surface area contributed by atoms with Crippen molar-refractivity contribution < 1.29 is 9.59 Å². The van der Waals surface area contributed by atoms with Crippen LogP contribution in [0.4, 0.5) is 11.4 Å². The third-order valence-corrected chi connectivity index (χ3v) is 3.34. The number of benzene rings is 1. The van der Waals surface area contributed by atoms with Crippen LogP contribution >= 0.6 is 24.8 Å². The molecule has 1 saturated heterocycles. The normalized spacial score (nSPS) is 14.5. The minimum Gasteiger partial charge on any atom is -0.371 e. The zero-order chi connectivity index (χ0) is 14.5. The van der Waals surface area contributed by atoms with Gasteiger partial charge in [0.2, 0.25) is 11.8 Å². The Morgan fingerprint density at radius 3 is 2.45 bits per heavy atom. The van der Waals surface area contributed by atoms with Crippen LogP contribution in [0.2, 0.25) is 0 Å². The molecule has 1 aliphatic rings.